The number of aromatic nitrogens is 1. The Labute approximate surface area is 106 Å². The Hall–Kier alpha value is -1.74. The molecule has 1 N–H and O–H groups in total. The number of aliphatic hydroxyl groups is 1. The highest BCUT2D eigenvalue weighted by molar-refractivity contribution is 5.34. The highest BCUT2D eigenvalue weighted by Crippen LogP contribution is 2.24. The first-order chi connectivity index (χ1) is 8.47. The number of aryl methyl sites for hydroxylation is 3. The molecule has 0 aliphatic rings. The molecule has 0 saturated heterocycles. The summed E-state index contributed by atoms with van der Waals surface area (Å²) in [5.74, 6) is -0.256. The zero-order chi connectivity index (χ0) is 13.3. The molecule has 0 aliphatic carbocycles. The van der Waals surface area contributed by atoms with Crippen molar-refractivity contribution in [3.05, 3.63) is 64.2 Å². The normalized spacial score (nSPS) is 12.5. The van der Waals surface area contributed by atoms with E-state index in [4.69, 9.17) is 0 Å². The smallest absolute Gasteiger partial charge is 0.126 e. The number of hydrogen-bond acceptors (Lipinski definition) is 2. The van der Waals surface area contributed by atoms with Crippen molar-refractivity contribution in [1.29, 1.82) is 0 Å². The van der Waals surface area contributed by atoms with Gasteiger partial charge in [0.25, 0.3) is 0 Å². The average Bonchev–Trinajstić information content (AvgIpc) is 2.30. The predicted octanol–water partition coefficient (Wildman–Crippen LogP) is 3.23. The van der Waals surface area contributed by atoms with Gasteiger partial charge in [0.15, 0.2) is 0 Å². The van der Waals surface area contributed by atoms with E-state index in [-0.39, 0.29) is 5.82 Å². The second-order valence-corrected chi connectivity index (χ2v) is 4.59. The van der Waals surface area contributed by atoms with Gasteiger partial charge >= 0.3 is 0 Å². The molecule has 2 aromatic rings. The molecule has 1 aromatic carbocycles. The summed E-state index contributed by atoms with van der Waals surface area (Å²) in [5, 5.41) is 10.3. The van der Waals surface area contributed by atoms with Gasteiger partial charge in [-0.3, -0.25) is 4.98 Å². The Morgan fingerprint density at radius 1 is 1.00 bits per heavy atom. The summed E-state index contributed by atoms with van der Waals surface area (Å²) < 4.78 is 13.2. The molecule has 0 radical (unpaired) electrons. The first-order valence-corrected chi connectivity index (χ1v) is 5.86. The van der Waals surface area contributed by atoms with Crippen LogP contribution in [0.25, 0.3) is 0 Å². The second-order valence-electron chi connectivity index (χ2n) is 4.59. The molecule has 94 valence electrons. The first-order valence-electron chi connectivity index (χ1n) is 5.86. The molecule has 0 saturated carbocycles. The van der Waals surface area contributed by atoms with Gasteiger partial charge in [-0.25, -0.2) is 4.39 Å². The van der Waals surface area contributed by atoms with E-state index in [1.54, 1.807) is 19.1 Å². The van der Waals surface area contributed by atoms with E-state index in [1.165, 1.54) is 6.07 Å². The molecule has 1 unspecified atom stereocenters. The topological polar surface area (TPSA) is 33.1 Å². The Balaban J connectivity index is 2.40. The molecule has 0 fully saturated rings. The highest BCUT2D eigenvalue weighted by atomic mass is 19.1. The molecular weight excluding hydrogens is 229 g/mol. The highest BCUT2D eigenvalue weighted by Gasteiger charge is 2.12. The Kier molecular flexibility index (Phi) is 3.43. The van der Waals surface area contributed by atoms with Crippen molar-refractivity contribution in [1.82, 2.24) is 4.98 Å². The number of halogens is 1. The summed E-state index contributed by atoms with van der Waals surface area (Å²) in [5.41, 5.74) is 3.74. The van der Waals surface area contributed by atoms with Crippen LogP contribution in [0.4, 0.5) is 4.39 Å². The van der Waals surface area contributed by atoms with Gasteiger partial charge in [0.05, 0.1) is 0 Å². The van der Waals surface area contributed by atoms with Gasteiger partial charge < -0.3 is 5.11 Å². The zero-order valence-electron chi connectivity index (χ0n) is 10.7. The fourth-order valence-electron chi connectivity index (χ4n) is 2.06. The Morgan fingerprint density at radius 2 is 1.61 bits per heavy atom. The van der Waals surface area contributed by atoms with Crippen molar-refractivity contribution in [2.24, 2.45) is 0 Å². The maximum atomic E-state index is 13.2. The summed E-state index contributed by atoms with van der Waals surface area (Å²) in [6.07, 6.45) is -0.746. The van der Waals surface area contributed by atoms with Gasteiger partial charge in [0.1, 0.15) is 11.9 Å². The van der Waals surface area contributed by atoms with E-state index in [2.05, 4.69) is 4.98 Å². The third-order valence-corrected chi connectivity index (χ3v) is 2.92. The maximum Gasteiger partial charge on any atom is 0.126 e. The lowest BCUT2D eigenvalue weighted by molar-refractivity contribution is 0.220. The number of pyridine rings is 1. The molecule has 1 heterocycles. The van der Waals surface area contributed by atoms with Crippen LogP contribution >= 0.6 is 0 Å². The summed E-state index contributed by atoms with van der Waals surface area (Å²) in [6.45, 7) is 5.47. The zero-order valence-corrected chi connectivity index (χ0v) is 10.7. The number of rotatable bonds is 2. The van der Waals surface area contributed by atoms with Crippen LogP contribution in [0, 0.1) is 26.6 Å². The van der Waals surface area contributed by atoms with E-state index in [1.807, 2.05) is 26.0 Å². The van der Waals surface area contributed by atoms with Gasteiger partial charge in [-0.1, -0.05) is 12.1 Å². The molecule has 1 atom stereocenters. The SMILES string of the molecule is Cc1cc(C(O)c2ccc(F)c(C)c2)cc(C)n1. The largest absolute Gasteiger partial charge is 0.384 e. The molecule has 0 aliphatic heterocycles. The summed E-state index contributed by atoms with van der Waals surface area (Å²) >= 11 is 0. The molecule has 3 heteroatoms. The minimum absolute atomic E-state index is 0.256. The van der Waals surface area contributed by atoms with Gasteiger partial charge in [-0.05, 0) is 55.7 Å². The lowest BCUT2D eigenvalue weighted by Gasteiger charge is -2.13. The standard InChI is InChI=1S/C15H16FNO/c1-9-6-12(4-5-14(9)16)15(18)13-7-10(2)17-11(3)8-13/h4-8,15,18H,1-3H3. The van der Waals surface area contributed by atoms with Gasteiger partial charge in [-0.15, -0.1) is 0 Å². The number of nitrogens with zero attached hydrogens (tertiary/aromatic N) is 1. The molecule has 0 amide bonds. The van der Waals surface area contributed by atoms with E-state index in [0.29, 0.717) is 11.1 Å². The monoisotopic (exact) mass is 245 g/mol. The van der Waals surface area contributed by atoms with Crippen molar-refractivity contribution >= 4 is 0 Å². The number of aliphatic hydroxyl groups excluding tert-OH is 1. The number of benzene rings is 1. The third kappa shape index (κ3) is 2.57. The van der Waals surface area contributed by atoms with Crippen molar-refractivity contribution in [2.45, 2.75) is 26.9 Å². The lowest BCUT2D eigenvalue weighted by Crippen LogP contribution is -2.02. The van der Waals surface area contributed by atoms with Gasteiger partial charge in [0.2, 0.25) is 0 Å². The quantitative estimate of drug-likeness (QED) is 0.881. The molecule has 1 aromatic heterocycles. The lowest BCUT2D eigenvalue weighted by atomic mass is 9.99. The van der Waals surface area contributed by atoms with Crippen LogP contribution in [-0.4, -0.2) is 10.1 Å². The van der Waals surface area contributed by atoms with Crippen molar-refractivity contribution in [3.63, 3.8) is 0 Å². The van der Waals surface area contributed by atoms with E-state index >= 15 is 0 Å². The summed E-state index contributed by atoms with van der Waals surface area (Å²) in [4.78, 5) is 4.27. The molecule has 2 rings (SSSR count). The van der Waals surface area contributed by atoms with Crippen LogP contribution in [0.2, 0.25) is 0 Å². The molecule has 2 nitrogen and oxygen atoms in total. The molecule has 0 bridgehead atoms. The van der Waals surface area contributed by atoms with E-state index < -0.39 is 6.10 Å². The van der Waals surface area contributed by atoms with Crippen LogP contribution < -0.4 is 0 Å². The molecular formula is C15H16FNO. The summed E-state index contributed by atoms with van der Waals surface area (Å²) in [6, 6.07) is 8.35. The van der Waals surface area contributed by atoms with Crippen LogP contribution in [0.15, 0.2) is 30.3 Å². The van der Waals surface area contributed by atoms with Crippen molar-refractivity contribution in [3.8, 4) is 0 Å². The predicted molar refractivity (Wildman–Crippen MR) is 68.9 cm³/mol. The minimum atomic E-state index is -0.746. The fraction of sp³-hybridized carbons (Fsp3) is 0.267. The van der Waals surface area contributed by atoms with Crippen LogP contribution in [0.5, 0.6) is 0 Å². The van der Waals surface area contributed by atoms with Crippen molar-refractivity contribution < 1.29 is 9.50 Å². The third-order valence-electron chi connectivity index (χ3n) is 2.92. The molecule has 0 spiro atoms. The second kappa shape index (κ2) is 4.86. The van der Waals surface area contributed by atoms with Crippen LogP contribution in [0.3, 0.4) is 0 Å². The van der Waals surface area contributed by atoms with Crippen LogP contribution in [0.1, 0.15) is 34.2 Å². The van der Waals surface area contributed by atoms with Crippen molar-refractivity contribution in [2.75, 3.05) is 0 Å². The van der Waals surface area contributed by atoms with E-state index in [9.17, 15) is 9.50 Å². The average molecular weight is 245 g/mol. The Bertz CT molecular complexity index is 560. The first kappa shape index (κ1) is 12.7. The Morgan fingerprint density at radius 3 is 2.17 bits per heavy atom. The maximum absolute atomic E-state index is 13.2. The van der Waals surface area contributed by atoms with Gasteiger partial charge in [0, 0.05) is 11.4 Å². The summed E-state index contributed by atoms with van der Waals surface area (Å²) in [7, 11) is 0. The number of hydrogen-bond donors (Lipinski definition) is 1. The van der Waals surface area contributed by atoms with E-state index in [0.717, 1.165) is 17.0 Å². The van der Waals surface area contributed by atoms with Gasteiger partial charge in [-0.2, -0.15) is 0 Å². The minimum Gasteiger partial charge on any atom is -0.384 e. The van der Waals surface area contributed by atoms with Crippen LogP contribution in [-0.2, 0) is 0 Å². The molecule has 18 heavy (non-hydrogen) atoms. The fourth-order valence-corrected chi connectivity index (χ4v) is 2.06.